The fourth-order valence-electron chi connectivity index (χ4n) is 5.75. The zero-order valence-corrected chi connectivity index (χ0v) is 22.0. The van der Waals surface area contributed by atoms with Gasteiger partial charge in [0.15, 0.2) is 5.11 Å². The summed E-state index contributed by atoms with van der Waals surface area (Å²) in [6, 6.07) is 22.8. The number of hydrogen-bond donors (Lipinski definition) is 2. The minimum Gasteiger partial charge on any atom is -0.352 e. The van der Waals surface area contributed by atoms with E-state index in [4.69, 9.17) is 12.2 Å². The van der Waals surface area contributed by atoms with E-state index >= 15 is 0 Å². The van der Waals surface area contributed by atoms with Crippen molar-refractivity contribution in [3.8, 4) is 0 Å². The molecule has 2 aromatic carbocycles. The smallest absolute Gasteiger partial charge is 0.226 e. The third-order valence-corrected chi connectivity index (χ3v) is 7.95. The molecule has 188 valence electrons. The third-order valence-electron chi connectivity index (χ3n) is 7.60. The number of anilines is 1. The van der Waals surface area contributed by atoms with Crippen LogP contribution in [0, 0.1) is 13.8 Å². The van der Waals surface area contributed by atoms with E-state index in [0.717, 1.165) is 22.2 Å². The van der Waals surface area contributed by atoms with Crippen molar-refractivity contribution in [2.45, 2.75) is 51.2 Å². The number of rotatable bonds is 7. The Labute approximate surface area is 222 Å². The van der Waals surface area contributed by atoms with Crippen LogP contribution < -0.4 is 10.6 Å². The molecule has 0 unspecified atom stereocenters. The summed E-state index contributed by atoms with van der Waals surface area (Å²) in [5.74, 6) is -0.0253. The second-order valence-electron chi connectivity index (χ2n) is 10.1. The number of carbonyl (C=O) groups excluding carboxylic acids is 1. The Morgan fingerprint density at radius 1 is 1.08 bits per heavy atom. The number of amides is 1. The number of carbonyl (C=O) groups is 1. The van der Waals surface area contributed by atoms with Gasteiger partial charge in [0.25, 0.3) is 0 Å². The number of fused-ring (bicyclic) bond motifs is 1. The highest BCUT2D eigenvalue weighted by Crippen LogP contribution is 2.44. The van der Waals surface area contributed by atoms with E-state index in [0.29, 0.717) is 24.1 Å². The third kappa shape index (κ3) is 4.48. The number of nitrogens with zero attached hydrogens (tertiary/aromatic N) is 3. The number of hydrogen-bond acceptors (Lipinski definition) is 3. The Balaban J connectivity index is 1.27. The van der Waals surface area contributed by atoms with Gasteiger partial charge in [-0.1, -0.05) is 42.5 Å². The van der Waals surface area contributed by atoms with E-state index in [1.807, 2.05) is 54.7 Å². The molecule has 2 N–H and O–H groups in total. The second kappa shape index (κ2) is 9.63. The van der Waals surface area contributed by atoms with Crippen LogP contribution in [0.5, 0.6) is 0 Å². The number of nitrogens with one attached hydrogen (secondary N) is 2. The van der Waals surface area contributed by atoms with Gasteiger partial charge in [-0.05, 0) is 74.1 Å². The van der Waals surface area contributed by atoms with Gasteiger partial charge in [0.2, 0.25) is 5.91 Å². The van der Waals surface area contributed by atoms with E-state index < -0.39 is 0 Å². The van der Waals surface area contributed by atoms with Crippen LogP contribution in [0.3, 0.4) is 0 Å². The molecular weight excluding hydrogens is 478 g/mol. The van der Waals surface area contributed by atoms with Gasteiger partial charge in [0, 0.05) is 47.7 Å². The van der Waals surface area contributed by atoms with Crippen LogP contribution in [0.1, 0.15) is 60.0 Å². The highest BCUT2D eigenvalue weighted by Gasteiger charge is 2.42. The molecule has 0 bridgehead atoms. The largest absolute Gasteiger partial charge is 0.352 e. The summed E-state index contributed by atoms with van der Waals surface area (Å²) in [7, 11) is 0. The van der Waals surface area contributed by atoms with Crippen LogP contribution in [0.15, 0.2) is 72.9 Å². The summed E-state index contributed by atoms with van der Waals surface area (Å²) in [6.07, 6.45) is 4.63. The van der Waals surface area contributed by atoms with Gasteiger partial charge in [0.1, 0.15) is 0 Å². The second-order valence-corrected chi connectivity index (χ2v) is 10.5. The molecular formula is C30H31N5OS. The molecule has 0 radical (unpaired) electrons. The lowest BCUT2D eigenvalue weighted by Crippen LogP contribution is -2.33. The van der Waals surface area contributed by atoms with Crippen molar-refractivity contribution in [3.63, 3.8) is 0 Å². The van der Waals surface area contributed by atoms with Crippen LogP contribution >= 0.6 is 12.2 Å². The maximum Gasteiger partial charge on any atom is 0.226 e. The lowest BCUT2D eigenvalue weighted by atomic mass is 9.96. The zero-order chi connectivity index (χ0) is 25.5. The molecule has 0 spiro atoms. The Morgan fingerprint density at radius 3 is 2.65 bits per heavy atom. The monoisotopic (exact) mass is 509 g/mol. The summed E-state index contributed by atoms with van der Waals surface area (Å²) in [5.41, 5.74) is 5.60. The van der Waals surface area contributed by atoms with Gasteiger partial charge in [-0.2, -0.15) is 0 Å². The SMILES string of the molecule is Cc1cc([C@H]2[C@H](c3ccccn3)NC(=S)N2CCC(=O)Nc2cccc3ccccc23)c(C)n1C1CC1. The quantitative estimate of drug-likeness (QED) is 0.300. The summed E-state index contributed by atoms with van der Waals surface area (Å²) in [4.78, 5) is 20.0. The maximum absolute atomic E-state index is 13.1. The van der Waals surface area contributed by atoms with Crippen molar-refractivity contribution in [1.82, 2.24) is 19.8 Å². The van der Waals surface area contributed by atoms with Gasteiger partial charge >= 0.3 is 0 Å². The predicted molar refractivity (Wildman–Crippen MR) is 152 cm³/mol. The van der Waals surface area contributed by atoms with Crippen LogP contribution in [-0.2, 0) is 4.79 Å². The molecule has 2 aliphatic rings. The Kier molecular flexibility index (Phi) is 6.16. The lowest BCUT2D eigenvalue weighted by molar-refractivity contribution is -0.116. The number of aryl methyl sites for hydroxylation is 1. The summed E-state index contributed by atoms with van der Waals surface area (Å²) >= 11 is 5.83. The van der Waals surface area contributed by atoms with Crippen LogP contribution in [-0.4, -0.2) is 32.0 Å². The van der Waals surface area contributed by atoms with Gasteiger partial charge in [-0.25, -0.2) is 0 Å². The summed E-state index contributed by atoms with van der Waals surface area (Å²) < 4.78 is 2.47. The average Bonchev–Trinajstić information content (AvgIpc) is 3.62. The first-order valence-corrected chi connectivity index (χ1v) is 13.4. The Morgan fingerprint density at radius 2 is 1.86 bits per heavy atom. The lowest BCUT2D eigenvalue weighted by Gasteiger charge is -2.28. The molecule has 3 heterocycles. The molecule has 1 amide bonds. The van der Waals surface area contributed by atoms with E-state index in [1.54, 1.807) is 0 Å². The topological polar surface area (TPSA) is 62.2 Å². The van der Waals surface area contributed by atoms with E-state index in [-0.39, 0.29) is 18.0 Å². The van der Waals surface area contributed by atoms with Crippen molar-refractivity contribution in [1.29, 1.82) is 0 Å². The minimum absolute atomic E-state index is 0.0253. The first kappa shape index (κ1) is 23.7. The highest BCUT2D eigenvalue weighted by molar-refractivity contribution is 7.80. The van der Waals surface area contributed by atoms with Crippen molar-refractivity contribution in [2.75, 3.05) is 11.9 Å². The molecule has 2 aromatic heterocycles. The molecule has 2 atom stereocenters. The maximum atomic E-state index is 13.1. The molecule has 1 aliphatic heterocycles. The van der Waals surface area contributed by atoms with Gasteiger partial charge in [-0.3, -0.25) is 9.78 Å². The molecule has 1 aliphatic carbocycles. The molecule has 37 heavy (non-hydrogen) atoms. The van der Waals surface area contributed by atoms with Crippen LogP contribution in [0.2, 0.25) is 0 Å². The van der Waals surface area contributed by atoms with E-state index in [2.05, 4.69) is 57.1 Å². The minimum atomic E-state index is -0.0806. The molecule has 6 rings (SSSR count). The number of thiocarbonyl (C=S) groups is 1. The molecule has 2 fully saturated rings. The van der Waals surface area contributed by atoms with E-state index in [9.17, 15) is 4.79 Å². The zero-order valence-electron chi connectivity index (χ0n) is 21.1. The van der Waals surface area contributed by atoms with Crippen molar-refractivity contribution >= 4 is 39.7 Å². The van der Waals surface area contributed by atoms with Crippen molar-refractivity contribution < 1.29 is 4.79 Å². The first-order valence-electron chi connectivity index (χ1n) is 13.0. The van der Waals surface area contributed by atoms with Crippen LogP contribution in [0.25, 0.3) is 10.8 Å². The Bertz CT molecular complexity index is 1470. The molecule has 1 saturated heterocycles. The number of pyridine rings is 1. The normalized spacial score (nSPS) is 19.3. The Hall–Kier alpha value is -3.71. The average molecular weight is 510 g/mol. The van der Waals surface area contributed by atoms with Gasteiger partial charge < -0.3 is 20.1 Å². The number of aromatic nitrogens is 2. The van der Waals surface area contributed by atoms with Crippen LogP contribution in [0.4, 0.5) is 5.69 Å². The standard InChI is InChI=1S/C30H31N5OS/c1-19-18-24(20(2)35(19)22-13-14-22)29-28(26-11-5-6-16-31-26)33-30(37)34(29)17-15-27(36)32-25-12-7-9-21-8-3-4-10-23(21)25/h3-12,16,18,22,28-29H,13-15,17H2,1-2H3,(H,32,36)(H,33,37)/t28-,29-/m0/s1. The predicted octanol–water partition coefficient (Wildman–Crippen LogP) is 5.99. The first-order chi connectivity index (χ1) is 18.0. The summed E-state index contributed by atoms with van der Waals surface area (Å²) in [5, 5.41) is 9.45. The number of benzene rings is 2. The summed E-state index contributed by atoms with van der Waals surface area (Å²) in [6.45, 7) is 4.92. The highest BCUT2D eigenvalue weighted by atomic mass is 32.1. The van der Waals surface area contributed by atoms with Gasteiger partial charge in [-0.15, -0.1) is 0 Å². The van der Waals surface area contributed by atoms with E-state index in [1.165, 1.54) is 29.8 Å². The molecule has 6 nitrogen and oxygen atoms in total. The molecule has 1 saturated carbocycles. The molecule has 7 heteroatoms. The fraction of sp³-hybridized carbons (Fsp3) is 0.300. The van der Waals surface area contributed by atoms with Crippen molar-refractivity contribution in [3.05, 3.63) is 95.6 Å². The molecule has 4 aromatic rings. The van der Waals surface area contributed by atoms with Gasteiger partial charge in [0.05, 0.1) is 17.8 Å². The van der Waals surface area contributed by atoms with Crippen molar-refractivity contribution in [2.24, 2.45) is 0 Å². The fourth-order valence-corrected chi connectivity index (χ4v) is 6.08.